The SMILES string of the molecule is COC(=O)C(C)=CCCC(C(=O)OC)C1CC(O)C2(C)C3=C(CCC12C)C1(C)CCC(O)C(C)(C)C1CC3. The average molecular weight is 531 g/mol. The summed E-state index contributed by atoms with van der Waals surface area (Å²) < 4.78 is 10.1. The van der Waals surface area contributed by atoms with E-state index in [1.807, 2.05) is 6.08 Å². The quantitative estimate of drug-likeness (QED) is 0.258. The van der Waals surface area contributed by atoms with E-state index in [1.165, 1.54) is 25.4 Å². The molecule has 0 aliphatic heterocycles. The smallest absolute Gasteiger partial charge is 0.333 e. The monoisotopic (exact) mass is 530 g/mol. The number of ether oxygens (including phenoxy) is 2. The lowest BCUT2D eigenvalue weighted by Crippen LogP contribution is -2.56. The van der Waals surface area contributed by atoms with Crippen LogP contribution >= 0.6 is 0 Å². The number of fused-ring (bicyclic) bond motifs is 4. The van der Waals surface area contributed by atoms with Gasteiger partial charge in [0.05, 0.1) is 32.3 Å². The Morgan fingerprint density at radius 3 is 2.29 bits per heavy atom. The van der Waals surface area contributed by atoms with Crippen molar-refractivity contribution in [3.05, 3.63) is 22.8 Å². The minimum atomic E-state index is -0.523. The topological polar surface area (TPSA) is 93.1 Å². The maximum Gasteiger partial charge on any atom is 0.333 e. The lowest BCUT2D eigenvalue weighted by atomic mass is 9.43. The second-order valence-electron chi connectivity index (χ2n) is 13.9. The van der Waals surface area contributed by atoms with Crippen LogP contribution in [0.15, 0.2) is 22.8 Å². The number of hydrogen-bond acceptors (Lipinski definition) is 6. The average Bonchev–Trinajstić information content (AvgIpc) is 3.09. The third-order valence-electron chi connectivity index (χ3n) is 12.3. The van der Waals surface area contributed by atoms with Crippen LogP contribution in [0.2, 0.25) is 0 Å². The Morgan fingerprint density at radius 1 is 0.974 bits per heavy atom. The Balaban J connectivity index is 1.69. The van der Waals surface area contributed by atoms with Crippen LogP contribution in [0.25, 0.3) is 0 Å². The molecule has 4 rings (SSSR count). The highest BCUT2D eigenvalue weighted by molar-refractivity contribution is 5.87. The third kappa shape index (κ3) is 4.11. The number of carbonyl (C=O) groups is 2. The van der Waals surface area contributed by atoms with Crippen molar-refractivity contribution in [3.8, 4) is 0 Å². The van der Waals surface area contributed by atoms with E-state index in [1.54, 1.807) is 6.92 Å². The minimum absolute atomic E-state index is 0.00835. The maximum atomic E-state index is 13.2. The summed E-state index contributed by atoms with van der Waals surface area (Å²) in [4.78, 5) is 25.0. The van der Waals surface area contributed by atoms with Crippen molar-refractivity contribution in [2.45, 2.75) is 112 Å². The molecule has 8 unspecified atom stereocenters. The summed E-state index contributed by atoms with van der Waals surface area (Å²) >= 11 is 0. The normalized spacial score (nSPS) is 41.1. The molecule has 4 aliphatic carbocycles. The van der Waals surface area contributed by atoms with E-state index in [4.69, 9.17) is 9.47 Å². The molecule has 8 atom stereocenters. The molecule has 38 heavy (non-hydrogen) atoms. The molecule has 0 amide bonds. The van der Waals surface area contributed by atoms with E-state index in [9.17, 15) is 19.8 Å². The van der Waals surface area contributed by atoms with Gasteiger partial charge in [-0.15, -0.1) is 0 Å². The lowest BCUT2D eigenvalue weighted by Gasteiger charge is -2.62. The first kappa shape index (κ1) is 29.3. The Labute approximate surface area is 229 Å². The van der Waals surface area contributed by atoms with Gasteiger partial charge in [0.25, 0.3) is 0 Å². The molecule has 0 aromatic rings. The molecule has 214 valence electrons. The zero-order valence-corrected chi connectivity index (χ0v) is 24.9. The van der Waals surface area contributed by atoms with E-state index in [0.29, 0.717) is 30.8 Å². The standard InChI is InChI=1S/C32H50O6/c1-19(27(35)37-7)10-9-11-20(28(36)38-8)23-18-26(34)32(6)22-12-13-24-29(2,3)25(33)15-16-30(24,4)21(22)14-17-31(23,32)5/h10,20,23-26,33-34H,9,11-18H2,1-8H3. The van der Waals surface area contributed by atoms with Crippen molar-refractivity contribution in [3.63, 3.8) is 0 Å². The van der Waals surface area contributed by atoms with E-state index in [0.717, 1.165) is 38.5 Å². The molecule has 6 nitrogen and oxygen atoms in total. The maximum absolute atomic E-state index is 13.2. The molecule has 0 aromatic carbocycles. The predicted octanol–water partition coefficient (Wildman–Crippen LogP) is 5.76. The molecule has 0 spiro atoms. The molecular formula is C32H50O6. The summed E-state index contributed by atoms with van der Waals surface area (Å²) in [7, 11) is 2.82. The van der Waals surface area contributed by atoms with Gasteiger partial charge in [-0.3, -0.25) is 4.79 Å². The molecule has 0 aromatic heterocycles. The van der Waals surface area contributed by atoms with Gasteiger partial charge >= 0.3 is 11.9 Å². The number of hydrogen-bond donors (Lipinski definition) is 2. The number of allylic oxidation sites excluding steroid dienone is 2. The molecule has 4 aliphatic rings. The van der Waals surface area contributed by atoms with E-state index in [2.05, 4.69) is 34.6 Å². The van der Waals surface area contributed by atoms with Gasteiger partial charge in [0.1, 0.15) is 0 Å². The molecule has 0 heterocycles. The number of rotatable bonds is 6. The summed E-state index contributed by atoms with van der Waals surface area (Å²) in [6.07, 6.45) is 8.47. The van der Waals surface area contributed by atoms with Crippen LogP contribution in [-0.4, -0.2) is 48.6 Å². The Hall–Kier alpha value is -1.66. The van der Waals surface area contributed by atoms with Crippen molar-refractivity contribution >= 4 is 11.9 Å². The fourth-order valence-electron chi connectivity index (χ4n) is 9.73. The fraction of sp³-hybridized carbons (Fsp3) is 0.812. The highest BCUT2D eigenvalue weighted by atomic mass is 16.5. The number of aliphatic hydroxyl groups is 2. The number of esters is 2. The number of methoxy groups -OCH3 is 2. The van der Waals surface area contributed by atoms with Crippen molar-refractivity contribution in [1.29, 1.82) is 0 Å². The van der Waals surface area contributed by atoms with Gasteiger partial charge < -0.3 is 19.7 Å². The van der Waals surface area contributed by atoms with Gasteiger partial charge in [0.2, 0.25) is 0 Å². The molecular weight excluding hydrogens is 480 g/mol. The zero-order valence-electron chi connectivity index (χ0n) is 24.9. The molecule has 2 saturated carbocycles. The first-order valence-electron chi connectivity index (χ1n) is 14.6. The van der Waals surface area contributed by atoms with Crippen LogP contribution in [-0.2, 0) is 19.1 Å². The third-order valence-corrected chi connectivity index (χ3v) is 12.3. The van der Waals surface area contributed by atoms with Gasteiger partial charge in [-0.1, -0.05) is 51.8 Å². The number of carbonyl (C=O) groups excluding carboxylic acids is 2. The van der Waals surface area contributed by atoms with Crippen LogP contribution in [0, 0.1) is 39.4 Å². The lowest BCUT2D eigenvalue weighted by molar-refractivity contribution is -0.150. The van der Waals surface area contributed by atoms with Crippen LogP contribution in [0.1, 0.15) is 99.3 Å². The summed E-state index contributed by atoms with van der Waals surface area (Å²) in [5.74, 6) is -0.514. The van der Waals surface area contributed by atoms with Gasteiger partial charge in [0.15, 0.2) is 0 Å². The first-order valence-corrected chi connectivity index (χ1v) is 14.6. The Bertz CT molecular complexity index is 1020. The summed E-state index contributed by atoms with van der Waals surface area (Å²) in [6.45, 7) is 13.2. The van der Waals surface area contributed by atoms with Crippen LogP contribution in [0.5, 0.6) is 0 Å². The fourth-order valence-corrected chi connectivity index (χ4v) is 9.73. The Kier molecular flexibility index (Phi) is 7.77. The van der Waals surface area contributed by atoms with Gasteiger partial charge in [-0.25, -0.2) is 4.79 Å². The zero-order chi connectivity index (χ0) is 28.3. The first-order chi connectivity index (χ1) is 17.7. The highest BCUT2D eigenvalue weighted by Gasteiger charge is 2.67. The molecule has 0 radical (unpaired) electrons. The highest BCUT2D eigenvalue weighted by Crippen LogP contribution is 2.72. The van der Waals surface area contributed by atoms with E-state index >= 15 is 0 Å². The van der Waals surface area contributed by atoms with Crippen LogP contribution < -0.4 is 0 Å². The van der Waals surface area contributed by atoms with Gasteiger partial charge in [-0.05, 0) is 92.8 Å². The van der Waals surface area contributed by atoms with Gasteiger partial charge in [0, 0.05) is 11.0 Å². The van der Waals surface area contributed by atoms with Crippen LogP contribution in [0.3, 0.4) is 0 Å². The second kappa shape index (κ2) is 10.1. The van der Waals surface area contributed by atoms with Gasteiger partial charge in [-0.2, -0.15) is 0 Å². The molecule has 6 heteroatoms. The van der Waals surface area contributed by atoms with Crippen LogP contribution in [0.4, 0.5) is 0 Å². The molecule has 0 saturated heterocycles. The van der Waals surface area contributed by atoms with E-state index in [-0.39, 0.29) is 46.1 Å². The molecule has 2 N–H and O–H groups in total. The summed E-state index contributed by atoms with van der Waals surface area (Å²) in [5, 5.41) is 22.7. The minimum Gasteiger partial charge on any atom is -0.469 e. The second-order valence-corrected chi connectivity index (χ2v) is 13.9. The molecule has 0 bridgehead atoms. The number of aliphatic hydroxyl groups excluding tert-OH is 2. The largest absolute Gasteiger partial charge is 0.469 e. The van der Waals surface area contributed by atoms with Crippen molar-refractivity contribution in [2.75, 3.05) is 14.2 Å². The summed E-state index contributed by atoms with van der Waals surface area (Å²) in [6, 6.07) is 0. The predicted molar refractivity (Wildman–Crippen MR) is 147 cm³/mol. The Morgan fingerprint density at radius 2 is 1.66 bits per heavy atom. The van der Waals surface area contributed by atoms with E-state index < -0.39 is 11.5 Å². The molecule has 2 fully saturated rings. The van der Waals surface area contributed by atoms with Crippen molar-refractivity contribution < 1.29 is 29.3 Å². The van der Waals surface area contributed by atoms with Crippen molar-refractivity contribution in [1.82, 2.24) is 0 Å². The summed E-state index contributed by atoms with van der Waals surface area (Å²) in [5.41, 5.74) is 2.77. The van der Waals surface area contributed by atoms with Crippen molar-refractivity contribution in [2.24, 2.45) is 39.4 Å².